The first-order valence-electron chi connectivity index (χ1n) is 6.41. The minimum atomic E-state index is -4.37. The molecule has 2 atom stereocenters. The minimum absolute atomic E-state index is 0.125. The zero-order valence-electron chi connectivity index (χ0n) is 12.5. The molecule has 1 N–H and O–H groups in total. The number of hydrogen-bond donors (Lipinski definition) is 1. The molecule has 0 amide bonds. The smallest absolute Gasteiger partial charge is 0.414 e. The lowest BCUT2D eigenvalue weighted by Gasteiger charge is -2.23. The van der Waals surface area contributed by atoms with E-state index in [1.54, 1.807) is 25.2 Å². The molecule has 0 radical (unpaired) electrons. The van der Waals surface area contributed by atoms with Crippen LogP contribution in [0.1, 0.15) is 18.5 Å². The Hall–Kier alpha value is -1.47. The second kappa shape index (κ2) is 7.51. The van der Waals surface area contributed by atoms with Gasteiger partial charge in [0, 0.05) is 11.6 Å². The van der Waals surface area contributed by atoms with Crippen molar-refractivity contribution in [1.29, 1.82) is 0 Å². The Morgan fingerprint density at radius 1 is 1.19 bits per heavy atom. The van der Waals surface area contributed by atoms with Crippen LogP contribution in [0.4, 0.5) is 13.2 Å². The molecule has 120 valence electrons. The summed E-state index contributed by atoms with van der Waals surface area (Å²) < 4.78 is 52.6. The highest BCUT2D eigenvalue weighted by Gasteiger charge is 2.37. The first kappa shape index (κ1) is 17.6. The van der Waals surface area contributed by atoms with Crippen molar-refractivity contribution in [2.24, 2.45) is 0 Å². The van der Waals surface area contributed by atoms with Gasteiger partial charge >= 0.3 is 6.18 Å². The molecule has 1 aromatic rings. The summed E-state index contributed by atoms with van der Waals surface area (Å²) in [7, 11) is 4.66. The summed E-state index contributed by atoms with van der Waals surface area (Å²) in [5, 5.41) is 2.92. The van der Waals surface area contributed by atoms with Crippen LogP contribution >= 0.6 is 0 Å². The number of rotatable bonds is 7. The van der Waals surface area contributed by atoms with Crippen LogP contribution in [-0.4, -0.2) is 40.2 Å². The molecule has 0 spiro atoms. The summed E-state index contributed by atoms with van der Waals surface area (Å²) in [6.45, 7) is 0.859. The van der Waals surface area contributed by atoms with Crippen molar-refractivity contribution in [3.8, 4) is 11.5 Å². The van der Waals surface area contributed by atoms with E-state index in [0.717, 1.165) is 6.92 Å². The highest BCUT2D eigenvalue weighted by Crippen LogP contribution is 2.30. The number of likely N-dealkylation sites (N-methyl/N-ethyl adjacent to an activating group) is 1. The molecule has 0 saturated carbocycles. The maximum Gasteiger partial charge on any atom is 0.414 e. The topological polar surface area (TPSA) is 39.7 Å². The second-order valence-corrected chi connectivity index (χ2v) is 4.47. The van der Waals surface area contributed by atoms with E-state index in [0.29, 0.717) is 17.1 Å². The van der Waals surface area contributed by atoms with Gasteiger partial charge in [0.05, 0.1) is 26.9 Å². The molecular formula is C14H20F3NO3. The Labute approximate surface area is 122 Å². The van der Waals surface area contributed by atoms with Gasteiger partial charge in [-0.05, 0) is 26.1 Å². The van der Waals surface area contributed by atoms with E-state index in [1.165, 1.54) is 14.2 Å². The number of methoxy groups -OCH3 is 2. The summed E-state index contributed by atoms with van der Waals surface area (Å²) in [4.78, 5) is 0. The quantitative estimate of drug-likeness (QED) is 0.841. The molecule has 0 aliphatic heterocycles. The molecule has 0 aromatic heterocycles. The van der Waals surface area contributed by atoms with Crippen molar-refractivity contribution in [2.45, 2.75) is 25.2 Å². The molecule has 21 heavy (non-hydrogen) atoms. The standard InChI is InChI=1S/C14H20F3NO3/c1-9(14(15,16)17)21-8-12(18-2)11-6-5-10(19-3)7-13(11)20-4/h5-7,9,12,18H,8H2,1-4H3. The maximum atomic E-state index is 12.5. The minimum Gasteiger partial charge on any atom is -0.497 e. The first-order chi connectivity index (χ1) is 9.83. The summed E-state index contributed by atoms with van der Waals surface area (Å²) in [5.41, 5.74) is 0.704. The highest BCUT2D eigenvalue weighted by atomic mass is 19.4. The molecular weight excluding hydrogens is 287 g/mol. The van der Waals surface area contributed by atoms with Crippen LogP contribution in [0.25, 0.3) is 0 Å². The molecule has 0 saturated heterocycles. The molecule has 4 nitrogen and oxygen atoms in total. The van der Waals surface area contributed by atoms with Gasteiger partial charge in [0.15, 0.2) is 6.10 Å². The molecule has 0 bridgehead atoms. The van der Waals surface area contributed by atoms with Crippen molar-refractivity contribution < 1.29 is 27.4 Å². The first-order valence-corrected chi connectivity index (χ1v) is 6.41. The van der Waals surface area contributed by atoms with Crippen molar-refractivity contribution in [3.05, 3.63) is 23.8 Å². The van der Waals surface area contributed by atoms with Crippen LogP contribution in [0.15, 0.2) is 18.2 Å². The van der Waals surface area contributed by atoms with E-state index >= 15 is 0 Å². The third-order valence-electron chi connectivity index (χ3n) is 3.14. The van der Waals surface area contributed by atoms with Gasteiger partial charge < -0.3 is 19.5 Å². The van der Waals surface area contributed by atoms with Crippen molar-refractivity contribution >= 4 is 0 Å². The van der Waals surface area contributed by atoms with Crippen LogP contribution < -0.4 is 14.8 Å². The fourth-order valence-electron chi connectivity index (χ4n) is 1.77. The molecule has 0 fully saturated rings. The Morgan fingerprint density at radius 3 is 2.33 bits per heavy atom. The Balaban J connectivity index is 2.85. The number of hydrogen-bond acceptors (Lipinski definition) is 4. The lowest BCUT2D eigenvalue weighted by Crippen LogP contribution is -2.32. The van der Waals surface area contributed by atoms with E-state index in [2.05, 4.69) is 5.32 Å². The number of nitrogens with one attached hydrogen (secondary N) is 1. The normalized spacial score (nSPS) is 14.6. The van der Waals surface area contributed by atoms with Gasteiger partial charge in [0.25, 0.3) is 0 Å². The lowest BCUT2D eigenvalue weighted by molar-refractivity contribution is -0.215. The highest BCUT2D eigenvalue weighted by molar-refractivity contribution is 5.42. The number of ether oxygens (including phenoxy) is 3. The van der Waals surface area contributed by atoms with Gasteiger partial charge in [-0.15, -0.1) is 0 Å². The third kappa shape index (κ3) is 4.78. The second-order valence-electron chi connectivity index (χ2n) is 4.47. The average molecular weight is 307 g/mol. The van der Waals surface area contributed by atoms with Gasteiger partial charge in [-0.1, -0.05) is 0 Å². The maximum absolute atomic E-state index is 12.5. The van der Waals surface area contributed by atoms with Crippen molar-refractivity contribution in [3.63, 3.8) is 0 Å². The van der Waals surface area contributed by atoms with E-state index in [9.17, 15) is 13.2 Å². The molecule has 0 aliphatic rings. The molecule has 0 heterocycles. The molecule has 0 aliphatic carbocycles. The van der Waals surface area contributed by atoms with Gasteiger partial charge in [-0.2, -0.15) is 13.2 Å². The summed E-state index contributed by atoms with van der Waals surface area (Å²) >= 11 is 0. The van der Waals surface area contributed by atoms with Crippen LogP contribution in [0, 0.1) is 0 Å². The molecule has 1 aromatic carbocycles. The summed E-state index contributed by atoms with van der Waals surface area (Å²) in [6, 6.07) is 4.71. The van der Waals surface area contributed by atoms with Crippen molar-refractivity contribution in [1.82, 2.24) is 5.32 Å². The Bertz CT molecular complexity index is 452. The van der Waals surface area contributed by atoms with E-state index in [4.69, 9.17) is 14.2 Å². The van der Waals surface area contributed by atoms with Crippen LogP contribution in [-0.2, 0) is 4.74 Å². The van der Waals surface area contributed by atoms with E-state index in [1.807, 2.05) is 0 Å². The van der Waals surface area contributed by atoms with Crippen LogP contribution in [0.3, 0.4) is 0 Å². The number of alkyl halides is 3. The largest absolute Gasteiger partial charge is 0.497 e. The van der Waals surface area contributed by atoms with E-state index in [-0.39, 0.29) is 6.61 Å². The van der Waals surface area contributed by atoms with Crippen LogP contribution in [0.2, 0.25) is 0 Å². The van der Waals surface area contributed by atoms with Gasteiger partial charge in [-0.25, -0.2) is 0 Å². The third-order valence-corrected chi connectivity index (χ3v) is 3.14. The zero-order chi connectivity index (χ0) is 16.0. The van der Waals surface area contributed by atoms with Gasteiger partial charge in [-0.3, -0.25) is 0 Å². The average Bonchev–Trinajstić information content (AvgIpc) is 2.46. The molecule has 1 rings (SSSR count). The molecule has 2 unspecified atom stereocenters. The Morgan fingerprint density at radius 2 is 1.86 bits per heavy atom. The number of benzene rings is 1. The molecule has 7 heteroatoms. The SMILES string of the molecule is CNC(COC(C)C(F)(F)F)c1ccc(OC)cc1OC. The van der Waals surface area contributed by atoms with Crippen molar-refractivity contribution in [2.75, 3.05) is 27.9 Å². The van der Waals surface area contributed by atoms with Gasteiger partial charge in [0.1, 0.15) is 11.5 Å². The predicted octanol–water partition coefficient (Wildman–Crippen LogP) is 2.93. The number of halogens is 3. The summed E-state index contributed by atoms with van der Waals surface area (Å²) in [5.74, 6) is 1.13. The summed E-state index contributed by atoms with van der Waals surface area (Å²) in [6.07, 6.45) is -6.19. The predicted molar refractivity (Wildman–Crippen MR) is 72.8 cm³/mol. The zero-order valence-corrected chi connectivity index (χ0v) is 12.5. The lowest BCUT2D eigenvalue weighted by atomic mass is 10.1. The monoisotopic (exact) mass is 307 g/mol. The fourth-order valence-corrected chi connectivity index (χ4v) is 1.77. The van der Waals surface area contributed by atoms with E-state index < -0.39 is 18.3 Å². The fraction of sp³-hybridized carbons (Fsp3) is 0.571. The van der Waals surface area contributed by atoms with Gasteiger partial charge in [0.2, 0.25) is 0 Å². The Kier molecular flexibility index (Phi) is 6.29. The van der Waals surface area contributed by atoms with Crippen LogP contribution in [0.5, 0.6) is 11.5 Å².